The van der Waals surface area contributed by atoms with E-state index < -0.39 is 6.09 Å². The van der Waals surface area contributed by atoms with Crippen LogP contribution in [0.4, 0.5) is 9.59 Å². The summed E-state index contributed by atoms with van der Waals surface area (Å²) in [4.78, 5) is 24.3. The first-order chi connectivity index (χ1) is 7.52. The van der Waals surface area contributed by atoms with Gasteiger partial charge in [0.2, 0.25) is 0 Å². The van der Waals surface area contributed by atoms with Gasteiger partial charge in [-0.2, -0.15) is 0 Å². The lowest BCUT2D eigenvalue weighted by molar-refractivity contribution is 0.166. The van der Waals surface area contributed by atoms with Gasteiger partial charge in [-0.05, 0) is 20.3 Å². The van der Waals surface area contributed by atoms with E-state index in [2.05, 4.69) is 15.4 Å². The molecule has 1 aliphatic rings. The number of carbonyl (C=O) groups excluding carboxylic acids is 2. The molecule has 0 bridgehead atoms. The molecule has 1 heterocycles. The van der Waals surface area contributed by atoms with Crippen LogP contribution in [-0.2, 0) is 4.74 Å². The van der Waals surface area contributed by atoms with Crippen molar-refractivity contribution in [3.8, 4) is 0 Å². The number of rotatable bonds is 2. The summed E-state index contributed by atoms with van der Waals surface area (Å²) >= 11 is 0. The molecule has 92 valence electrons. The van der Waals surface area contributed by atoms with Gasteiger partial charge in [0.15, 0.2) is 0 Å². The summed E-state index contributed by atoms with van der Waals surface area (Å²) in [6.45, 7) is 5.02. The van der Waals surface area contributed by atoms with Crippen LogP contribution in [0.5, 0.6) is 0 Å². The van der Waals surface area contributed by atoms with Gasteiger partial charge < -0.3 is 20.3 Å². The minimum atomic E-state index is -0.448. The van der Waals surface area contributed by atoms with Gasteiger partial charge in [0, 0.05) is 19.1 Å². The summed E-state index contributed by atoms with van der Waals surface area (Å²) in [7, 11) is 1.33. The Morgan fingerprint density at radius 1 is 1.44 bits per heavy atom. The fourth-order valence-corrected chi connectivity index (χ4v) is 1.63. The molecule has 6 heteroatoms. The van der Waals surface area contributed by atoms with Gasteiger partial charge in [0.1, 0.15) is 0 Å². The Morgan fingerprint density at radius 2 is 2.12 bits per heavy atom. The van der Waals surface area contributed by atoms with Crippen LogP contribution in [0.1, 0.15) is 20.3 Å². The number of amides is 3. The lowest BCUT2D eigenvalue weighted by Gasteiger charge is -2.19. The van der Waals surface area contributed by atoms with Crippen LogP contribution in [0.2, 0.25) is 0 Å². The molecule has 0 aromatic heterocycles. The van der Waals surface area contributed by atoms with Crippen LogP contribution in [0.3, 0.4) is 0 Å². The van der Waals surface area contributed by atoms with E-state index in [9.17, 15) is 9.59 Å². The third-order valence-corrected chi connectivity index (χ3v) is 2.39. The molecule has 1 aliphatic heterocycles. The predicted octanol–water partition coefficient (Wildman–Crippen LogP) is 0.535. The highest BCUT2D eigenvalue weighted by Gasteiger charge is 2.27. The van der Waals surface area contributed by atoms with Crippen LogP contribution in [0.15, 0.2) is 0 Å². The van der Waals surface area contributed by atoms with Gasteiger partial charge in [-0.3, -0.25) is 0 Å². The Labute approximate surface area is 95.3 Å². The SMILES string of the molecule is COC(=O)NC1CCN(C(=O)NC(C)C)C1. The third kappa shape index (κ3) is 3.60. The number of methoxy groups -OCH3 is 1. The van der Waals surface area contributed by atoms with E-state index in [1.807, 2.05) is 13.8 Å². The van der Waals surface area contributed by atoms with Gasteiger partial charge in [0.05, 0.1) is 13.2 Å². The second-order valence-corrected chi connectivity index (χ2v) is 4.17. The van der Waals surface area contributed by atoms with Crippen LogP contribution < -0.4 is 10.6 Å². The van der Waals surface area contributed by atoms with Crippen molar-refractivity contribution in [3.63, 3.8) is 0 Å². The molecule has 3 amide bonds. The standard InChI is InChI=1S/C10H19N3O3/c1-7(2)11-9(14)13-5-4-8(6-13)12-10(15)16-3/h7-8H,4-6H2,1-3H3,(H,11,14)(H,12,15). The second kappa shape index (κ2) is 5.58. The van der Waals surface area contributed by atoms with E-state index >= 15 is 0 Å². The van der Waals surface area contributed by atoms with Gasteiger partial charge in [0.25, 0.3) is 0 Å². The Balaban J connectivity index is 2.34. The normalized spacial score (nSPS) is 19.8. The number of likely N-dealkylation sites (tertiary alicyclic amines) is 1. The average molecular weight is 229 g/mol. The van der Waals surface area contributed by atoms with Crippen LogP contribution in [0.25, 0.3) is 0 Å². The number of alkyl carbamates (subject to hydrolysis) is 1. The summed E-state index contributed by atoms with van der Waals surface area (Å²) < 4.78 is 4.50. The van der Waals surface area contributed by atoms with Gasteiger partial charge in [-0.25, -0.2) is 9.59 Å². The van der Waals surface area contributed by atoms with Crippen molar-refractivity contribution in [2.24, 2.45) is 0 Å². The molecule has 1 saturated heterocycles. The first-order valence-electron chi connectivity index (χ1n) is 5.43. The average Bonchev–Trinajstić information content (AvgIpc) is 2.65. The molecule has 0 spiro atoms. The minimum Gasteiger partial charge on any atom is -0.453 e. The molecule has 0 aromatic rings. The monoisotopic (exact) mass is 229 g/mol. The fourth-order valence-electron chi connectivity index (χ4n) is 1.63. The molecule has 0 saturated carbocycles. The Morgan fingerprint density at radius 3 is 2.69 bits per heavy atom. The number of ether oxygens (including phenoxy) is 1. The fraction of sp³-hybridized carbons (Fsp3) is 0.800. The predicted molar refractivity (Wildman–Crippen MR) is 59.2 cm³/mol. The smallest absolute Gasteiger partial charge is 0.407 e. The van der Waals surface area contributed by atoms with E-state index in [1.54, 1.807) is 4.90 Å². The third-order valence-electron chi connectivity index (χ3n) is 2.39. The second-order valence-electron chi connectivity index (χ2n) is 4.17. The molecule has 2 N–H and O–H groups in total. The highest BCUT2D eigenvalue weighted by Crippen LogP contribution is 2.09. The van der Waals surface area contributed by atoms with Gasteiger partial charge in [-0.15, -0.1) is 0 Å². The summed E-state index contributed by atoms with van der Waals surface area (Å²) in [5.41, 5.74) is 0. The number of hydrogen-bond donors (Lipinski definition) is 2. The minimum absolute atomic E-state index is 0.00892. The van der Waals surface area contributed by atoms with E-state index in [0.29, 0.717) is 13.1 Å². The maximum absolute atomic E-state index is 11.6. The van der Waals surface area contributed by atoms with E-state index in [1.165, 1.54) is 7.11 Å². The van der Waals surface area contributed by atoms with Crippen LogP contribution in [0, 0.1) is 0 Å². The lowest BCUT2D eigenvalue weighted by atomic mass is 10.3. The van der Waals surface area contributed by atoms with Crippen molar-refractivity contribution in [2.45, 2.75) is 32.4 Å². The van der Waals surface area contributed by atoms with Crippen molar-refractivity contribution >= 4 is 12.1 Å². The number of urea groups is 1. The molecule has 0 radical (unpaired) electrons. The van der Waals surface area contributed by atoms with E-state index in [4.69, 9.17) is 0 Å². The molecule has 1 fully saturated rings. The Kier molecular flexibility index (Phi) is 4.39. The largest absolute Gasteiger partial charge is 0.453 e. The molecule has 1 atom stereocenters. The molecule has 0 aromatic carbocycles. The number of carbonyl (C=O) groups is 2. The zero-order chi connectivity index (χ0) is 12.1. The molecule has 1 unspecified atom stereocenters. The molecule has 16 heavy (non-hydrogen) atoms. The zero-order valence-electron chi connectivity index (χ0n) is 9.95. The number of hydrogen-bond acceptors (Lipinski definition) is 3. The first-order valence-corrected chi connectivity index (χ1v) is 5.43. The zero-order valence-corrected chi connectivity index (χ0v) is 9.95. The van der Waals surface area contributed by atoms with Crippen molar-refractivity contribution in [3.05, 3.63) is 0 Å². The van der Waals surface area contributed by atoms with Crippen molar-refractivity contribution < 1.29 is 14.3 Å². The van der Waals surface area contributed by atoms with Gasteiger partial charge >= 0.3 is 12.1 Å². The molecule has 0 aliphatic carbocycles. The highest BCUT2D eigenvalue weighted by molar-refractivity contribution is 5.75. The summed E-state index contributed by atoms with van der Waals surface area (Å²) in [5, 5.41) is 5.50. The van der Waals surface area contributed by atoms with Crippen LogP contribution in [-0.4, -0.2) is 49.3 Å². The van der Waals surface area contributed by atoms with Crippen LogP contribution >= 0.6 is 0 Å². The summed E-state index contributed by atoms with van der Waals surface area (Å²) in [6, 6.07) is 0.0367. The van der Waals surface area contributed by atoms with Crippen molar-refractivity contribution in [1.29, 1.82) is 0 Å². The van der Waals surface area contributed by atoms with E-state index in [-0.39, 0.29) is 18.1 Å². The maximum Gasteiger partial charge on any atom is 0.407 e. The quantitative estimate of drug-likeness (QED) is 0.725. The lowest BCUT2D eigenvalue weighted by Crippen LogP contribution is -2.44. The van der Waals surface area contributed by atoms with Crippen molar-refractivity contribution in [1.82, 2.24) is 15.5 Å². The Hall–Kier alpha value is -1.46. The molecular formula is C10H19N3O3. The maximum atomic E-state index is 11.6. The number of nitrogens with one attached hydrogen (secondary N) is 2. The number of nitrogens with zero attached hydrogens (tertiary/aromatic N) is 1. The van der Waals surface area contributed by atoms with Crippen molar-refractivity contribution in [2.75, 3.05) is 20.2 Å². The highest BCUT2D eigenvalue weighted by atomic mass is 16.5. The summed E-state index contributed by atoms with van der Waals surface area (Å²) in [6.07, 6.45) is 0.316. The summed E-state index contributed by atoms with van der Waals surface area (Å²) in [5.74, 6) is 0. The van der Waals surface area contributed by atoms with Gasteiger partial charge in [-0.1, -0.05) is 0 Å². The molecule has 6 nitrogen and oxygen atoms in total. The molecule has 1 rings (SSSR count). The van der Waals surface area contributed by atoms with E-state index in [0.717, 1.165) is 6.42 Å². The topological polar surface area (TPSA) is 70.7 Å². The first kappa shape index (κ1) is 12.6. The molecular weight excluding hydrogens is 210 g/mol. The Bertz CT molecular complexity index is 268.